The van der Waals surface area contributed by atoms with Crippen LogP contribution in [0.15, 0.2) is 140 Å². The Bertz CT molecular complexity index is 3960. The Morgan fingerprint density at radius 2 is 0.984 bits per heavy atom. The lowest BCUT2D eigenvalue weighted by Crippen LogP contribution is -2.60. The first kappa shape index (κ1) is 35.7. The van der Waals surface area contributed by atoms with Crippen molar-refractivity contribution in [3.05, 3.63) is 151 Å². The highest BCUT2D eigenvalue weighted by Crippen LogP contribution is 2.50. The molecule has 4 aromatic heterocycles. The second kappa shape index (κ2) is 12.0. The summed E-state index contributed by atoms with van der Waals surface area (Å²) in [5, 5.41) is 10.7. The molecular weight excluding hydrogens is 808 g/mol. The molecule has 2 aliphatic rings. The Kier molecular flexibility index (Phi) is 6.88. The van der Waals surface area contributed by atoms with E-state index in [4.69, 9.17) is 0 Å². The van der Waals surface area contributed by atoms with Crippen molar-refractivity contribution in [2.75, 3.05) is 4.81 Å². The van der Waals surface area contributed by atoms with Gasteiger partial charge in [0, 0.05) is 93.9 Å². The summed E-state index contributed by atoms with van der Waals surface area (Å²) in [6, 6.07) is 54.6. The van der Waals surface area contributed by atoms with E-state index in [0.29, 0.717) is 0 Å². The molecule has 6 heteroatoms. The second-order valence-electron chi connectivity index (χ2n) is 19.7. The van der Waals surface area contributed by atoms with Crippen LogP contribution < -0.4 is 15.7 Å². The molecule has 0 spiro atoms. The largest absolute Gasteiger partial charge is 0.376 e. The number of hydrogen-bond acceptors (Lipinski definition) is 4. The number of hydrogen-bond donors (Lipinski definition) is 0. The number of anilines is 2. The maximum absolute atomic E-state index is 2.71. The van der Waals surface area contributed by atoms with Crippen LogP contribution in [0, 0.1) is 0 Å². The highest BCUT2D eigenvalue weighted by atomic mass is 32.1. The summed E-state index contributed by atoms with van der Waals surface area (Å²) in [5.74, 6) is 0. The topological polar surface area (TPSA) is 8.17 Å². The zero-order valence-corrected chi connectivity index (χ0v) is 37.9. The van der Waals surface area contributed by atoms with Crippen LogP contribution in [0.4, 0.5) is 11.4 Å². The van der Waals surface area contributed by atoms with Crippen molar-refractivity contribution in [3.8, 4) is 16.8 Å². The average Bonchev–Trinajstić information content (AvgIpc) is 4.01. The summed E-state index contributed by atoms with van der Waals surface area (Å²) in [7, 11) is 0. The summed E-state index contributed by atoms with van der Waals surface area (Å²) in [4.78, 5) is 2.71. The van der Waals surface area contributed by atoms with Crippen molar-refractivity contribution in [2.24, 2.45) is 0 Å². The zero-order chi connectivity index (χ0) is 41.6. The molecule has 8 aromatic carbocycles. The van der Waals surface area contributed by atoms with Gasteiger partial charge < -0.3 is 9.38 Å². The van der Waals surface area contributed by atoms with Gasteiger partial charge in [-0.25, -0.2) is 0 Å². The monoisotopic (exact) mass is 848 g/mol. The maximum atomic E-state index is 2.71. The lowest BCUT2D eigenvalue weighted by Gasteiger charge is -2.42. The second-order valence-corrected chi connectivity index (χ2v) is 23.0. The molecule has 0 atom stereocenters. The van der Waals surface area contributed by atoms with Gasteiger partial charge in [0.25, 0.3) is 0 Å². The van der Waals surface area contributed by atoms with Crippen molar-refractivity contribution < 1.29 is 0 Å². The molecule has 14 rings (SSSR count). The first-order valence-corrected chi connectivity index (χ1v) is 24.2. The van der Waals surface area contributed by atoms with Crippen molar-refractivity contribution in [1.29, 1.82) is 0 Å². The molecule has 2 nitrogen and oxygen atoms in total. The van der Waals surface area contributed by atoms with E-state index in [0.717, 1.165) is 0 Å². The average molecular weight is 849 g/mol. The Hall–Kier alpha value is -5.92. The van der Waals surface area contributed by atoms with Gasteiger partial charge in [-0.05, 0) is 105 Å². The lowest BCUT2D eigenvalue weighted by atomic mass is 9.44. The van der Waals surface area contributed by atoms with Crippen LogP contribution in [0.1, 0.15) is 52.7 Å². The molecule has 2 aliphatic heterocycles. The van der Waals surface area contributed by atoms with Crippen LogP contribution >= 0.6 is 34.0 Å². The van der Waals surface area contributed by atoms with Gasteiger partial charge in [-0.2, -0.15) is 0 Å². The minimum absolute atomic E-state index is 0.0418. The van der Waals surface area contributed by atoms with Crippen molar-refractivity contribution in [3.63, 3.8) is 0 Å². The summed E-state index contributed by atoms with van der Waals surface area (Å²) < 4.78 is 10.7. The molecule has 0 bridgehead atoms. The predicted octanol–water partition coefficient (Wildman–Crippen LogP) is 15.7. The van der Waals surface area contributed by atoms with E-state index >= 15 is 0 Å². The number of rotatable bonds is 1. The molecule has 0 saturated heterocycles. The van der Waals surface area contributed by atoms with Crippen LogP contribution in [0.3, 0.4) is 0 Å². The van der Waals surface area contributed by atoms with Crippen molar-refractivity contribution >= 4 is 145 Å². The predicted molar refractivity (Wildman–Crippen MR) is 276 cm³/mol. The third-order valence-corrected chi connectivity index (χ3v) is 17.5. The SMILES string of the molecule is CC(C)(C)c1ccc(N2B3c4cc5sc6ccccc6c5cc4-n4c5cc6sc7ccccc7c6cc5c5ccc(c3c54)-c3cc4sc5cc(C(C)(C)C)ccc5c4cc32)cc1. The Morgan fingerprint density at radius 1 is 0.419 bits per heavy atom. The summed E-state index contributed by atoms with van der Waals surface area (Å²) in [6.45, 7) is 13.8. The fraction of sp³-hybridized carbons (Fsp3) is 0.143. The molecule has 6 heterocycles. The number of nitrogens with zero attached hydrogens (tertiary/aromatic N) is 2. The highest BCUT2D eigenvalue weighted by molar-refractivity contribution is 7.26. The van der Waals surface area contributed by atoms with Gasteiger partial charge in [0.1, 0.15) is 0 Å². The van der Waals surface area contributed by atoms with Gasteiger partial charge >= 0.3 is 6.85 Å². The highest BCUT2D eigenvalue weighted by Gasteiger charge is 2.44. The Balaban J connectivity index is 1.15. The molecule has 0 amide bonds. The van der Waals surface area contributed by atoms with Gasteiger partial charge in [0.15, 0.2) is 0 Å². The fourth-order valence-electron chi connectivity index (χ4n) is 11.0. The first-order valence-electron chi connectivity index (χ1n) is 21.8. The van der Waals surface area contributed by atoms with E-state index in [1.807, 2.05) is 34.0 Å². The van der Waals surface area contributed by atoms with Crippen LogP contribution in [-0.2, 0) is 10.8 Å². The molecule has 62 heavy (non-hydrogen) atoms. The molecule has 0 fully saturated rings. The van der Waals surface area contributed by atoms with E-state index in [1.54, 1.807) is 0 Å². The summed E-state index contributed by atoms with van der Waals surface area (Å²) in [5.41, 5.74) is 14.7. The van der Waals surface area contributed by atoms with Crippen molar-refractivity contribution in [1.82, 2.24) is 4.57 Å². The molecule has 0 unspecified atom stereocenters. The molecule has 0 N–H and O–H groups in total. The van der Waals surface area contributed by atoms with Crippen LogP contribution in [0.5, 0.6) is 0 Å². The van der Waals surface area contributed by atoms with Crippen molar-refractivity contribution in [2.45, 2.75) is 52.4 Å². The first-order chi connectivity index (χ1) is 30.0. The number of thiophene rings is 3. The van der Waals surface area contributed by atoms with Crippen LogP contribution in [0.25, 0.3) is 99.1 Å². The molecule has 296 valence electrons. The van der Waals surface area contributed by atoms with E-state index in [2.05, 4.69) is 190 Å². The smallest absolute Gasteiger partial charge is 0.333 e. The Morgan fingerprint density at radius 3 is 1.69 bits per heavy atom. The van der Waals surface area contributed by atoms with Gasteiger partial charge in [-0.3, -0.25) is 0 Å². The Labute approximate surface area is 372 Å². The summed E-state index contributed by atoms with van der Waals surface area (Å²) in [6.07, 6.45) is 0. The number of fused-ring (bicyclic) bond motifs is 17. The van der Waals surface area contributed by atoms with E-state index < -0.39 is 0 Å². The molecule has 12 aromatic rings. The number of benzene rings is 8. The van der Waals surface area contributed by atoms with E-state index in [9.17, 15) is 0 Å². The molecular formula is C56H41BN2S3. The third kappa shape index (κ3) is 4.70. The minimum atomic E-state index is -0.0418. The van der Waals surface area contributed by atoms with Crippen LogP contribution in [0.2, 0.25) is 0 Å². The molecule has 0 saturated carbocycles. The quantitative estimate of drug-likeness (QED) is 0.149. The van der Waals surface area contributed by atoms with Crippen LogP contribution in [-0.4, -0.2) is 11.4 Å². The zero-order valence-electron chi connectivity index (χ0n) is 35.5. The molecule has 0 aliphatic carbocycles. The standard InChI is InChI=1S/C56H41BN2S3/c1-55(2,3)30-15-18-32(19-16-30)59-45-25-41-35-20-17-31(56(4,5)6)23-49(35)62-50(41)27-39(45)36-21-22-37-38-24-40-33-11-7-9-13-47(33)61-52(40)29-44(38)58-46-26-42-34-12-8-10-14-48(34)60-51(42)28-43(46)57(59)53(36)54(37)58/h7-29H,1-6H3. The van der Waals surface area contributed by atoms with E-state index in [-0.39, 0.29) is 17.7 Å². The maximum Gasteiger partial charge on any atom is 0.333 e. The van der Waals surface area contributed by atoms with Gasteiger partial charge in [0.2, 0.25) is 0 Å². The minimum Gasteiger partial charge on any atom is -0.376 e. The van der Waals surface area contributed by atoms with Gasteiger partial charge in [0.05, 0.1) is 11.0 Å². The van der Waals surface area contributed by atoms with Gasteiger partial charge in [-0.1, -0.05) is 114 Å². The number of aromatic nitrogens is 1. The fourth-order valence-corrected chi connectivity index (χ4v) is 14.4. The lowest BCUT2D eigenvalue weighted by molar-refractivity contribution is 0.590. The normalized spacial score (nSPS) is 13.9. The molecule has 0 radical (unpaired) electrons. The summed E-state index contributed by atoms with van der Waals surface area (Å²) >= 11 is 5.77. The van der Waals surface area contributed by atoms with Gasteiger partial charge in [-0.15, -0.1) is 34.0 Å². The third-order valence-electron chi connectivity index (χ3n) is 14.1. The van der Waals surface area contributed by atoms with E-state index in [1.165, 1.54) is 133 Å².